The highest BCUT2D eigenvalue weighted by atomic mass is 14.4. The van der Waals surface area contributed by atoms with Crippen molar-refractivity contribution in [2.45, 2.75) is 200 Å². The Kier molecular flexibility index (Phi) is 18.8. The Hall–Kier alpha value is -4.68. The van der Waals surface area contributed by atoms with Gasteiger partial charge in [0.05, 0.1) is 0 Å². The maximum Gasteiger partial charge on any atom is 0.0146 e. The lowest BCUT2D eigenvalue weighted by Gasteiger charge is -2.28. The molecular weight excluding hydrogens is 805 g/mol. The average Bonchev–Trinajstić information content (AvgIpc) is 3.68. The Balaban J connectivity index is 1.28. The highest BCUT2D eigenvalue weighted by Gasteiger charge is 2.34. The van der Waals surface area contributed by atoms with Crippen LogP contribution in [0.25, 0.3) is 33.4 Å². The number of hydrogen-bond acceptors (Lipinski definition) is 0. The number of rotatable bonds is 28. The molecule has 0 spiro atoms. The van der Waals surface area contributed by atoms with Crippen LogP contribution in [0.3, 0.4) is 0 Å². The van der Waals surface area contributed by atoms with Crippen LogP contribution in [0.15, 0.2) is 140 Å². The van der Waals surface area contributed by atoms with Gasteiger partial charge in [0.1, 0.15) is 0 Å². The number of fused-ring (bicyclic) bond motifs is 3. The quantitative estimate of drug-likeness (QED) is 0.0431. The van der Waals surface area contributed by atoms with Crippen molar-refractivity contribution < 1.29 is 0 Å². The maximum absolute atomic E-state index is 2.63. The van der Waals surface area contributed by atoms with Crippen molar-refractivity contribution in [2.24, 2.45) is 0 Å². The molecule has 0 fully saturated rings. The van der Waals surface area contributed by atoms with Gasteiger partial charge in [-0.15, -0.1) is 0 Å². The predicted molar refractivity (Wildman–Crippen MR) is 294 cm³/mol. The second kappa shape index (κ2) is 25.1. The van der Waals surface area contributed by atoms with Crippen LogP contribution in [0.4, 0.5) is 0 Å². The highest BCUT2D eigenvalue weighted by Crippen LogP contribution is 2.54. The summed E-state index contributed by atoms with van der Waals surface area (Å²) in [6.07, 6.45) is 29.7. The summed E-state index contributed by atoms with van der Waals surface area (Å²) >= 11 is 0. The van der Waals surface area contributed by atoms with Gasteiger partial charge in [-0.25, -0.2) is 0 Å². The summed E-state index contributed by atoms with van der Waals surface area (Å²) < 4.78 is 0. The van der Waals surface area contributed by atoms with Crippen LogP contribution in [-0.2, 0) is 17.3 Å². The lowest BCUT2D eigenvalue weighted by atomic mass is 9.76. The first kappa shape index (κ1) is 50.2. The van der Waals surface area contributed by atoms with Crippen LogP contribution < -0.4 is 0 Å². The molecule has 67 heavy (non-hydrogen) atoms. The van der Waals surface area contributed by atoms with Crippen molar-refractivity contribution >= 4 is 0 Å². The molecule has 0 heterocycles. The Bertz CT molecular complexity index is 2360. The first-order valence-electron chi connectivity index (χ1n) is 27.4. The van der Waals surface area contributed by atoms with Crippen molar-refractivity contribution in [3.8, 4) is 33.4 Å². The molecule has 0 saturated heterocycles. The second-order valence-corrected chi connectivity index (χ2v) is 21.4. The smallest absolute Gasteiger partial charge is 0.0146 e. The van der Waals surface area contributed by atoms with Gasteiger partial charge in [-0.3, -0.25) is 0 Å². The van der Waals surface area contributed by atoms with Crippen LogP contribution in [-0.4, -0.2) is 0 Å². The Morgan fingerprint density at radius 1 is 0.358 bits per heavy atom. The zero-order valence-electron chi connectivity index (χ0n) is 42.9. The molecule has 354 valence electrons. The SMILES string of the molecule is CCCCCCCCCCCCc1c(-c2ccc(C(C)(C)c3ccccc3)cc2)c(-c2ccc(C(C)(C)c3ccccc3)cc2)cc2c1C(CCCCCCCCCCCC)c1ccccc1-2. The van der Waals surface area contributed by atoms with E-state index in [2.05, 4.69) is 181 Å². The van der Waals surface area contributed by atoms with Crippen LogP contribution in [0, 0.1) is 0 Å². The van der Waals surface area contributed by atoms with Crippen LogP contribution in [0.2, 0.25) is 0 Å². The first-order valence-corrected chi connectivity index (χ1v) is 27.4. The van der Waals surface area contributed by atoms with E-state index < -0.39 is 0 Å². The van der Waals surface area contributed by atoms with Crippen LogP contribution in [0.1, 0.15) is 221 Å². The van der Waals surface area contributed by atoms with Gasteiger partial charge >= 0.3 is 0 Å². The molecule has 0 heteroatoms. The van der Waals surface area contributed by atoms with Crippen molar-refractivity contribution in [3.05, 3.63) is 178 Å². The molecule has 1 aliphatic rings. The molecule has 1 atom stereocenters. The number of unbranched alkanes of at least 4 members (excludes halogenated alkanes) is 18. The van der Waals surface area contributed by atoms with Crippen molar-refractivity contribution in [2.75, 3.05) is 0 Å². The molecule has 0 aromatic heterocycles. The van der Waals surface area contributed by atoms with Crippen molar-refractivity contribution in [1.82, 2.24) is 0 Å². The molecule has 6 aromatic rings. The maximum atomic E-state index is 2.63. The summed E-state index contributed by atoms with van der Waals surface area (Å²) in [6.45, 7) is 14.1. The molecule has 1 aliphatic carbocycles. The van der Waals surface area contributed by atoms with E-state index in [1.165, 1.54) is 190 Å². The van der Waals surface area contributed by atoms with Crippen LogP contribution >= 0.6 is 0 Å². The molecular formula is C67H86. The van der Waals surface area contributed by atoms with E-state index in [4.69, 9.17) is 0 Å². The largest absolute Gasteiger partial charge is 0.0654 e. The van der Waals surface area contributed by atoms with Gasteiger partial charge < -0.3 is 0 Å². The fraction of sp³-hybridized carbons (Fsp3) is 0.463. The lowest BCUT2D eigenvalue weighted by Crippen LogP contribution is -2.18. The third-order valence-electron chi connectivity index (χ3n) is 15.9. The fourth-order valence-electron chi connectivity index (χ4n) is 11.5. The van der Waals surface area contributed by atoms with E-state index in [0.717, 1.165) is 6.42 Å². The summed E-state index contributed by atoms with van der Waals surface area (Å²) in [5.74, 6) is 0.441. The minimum absolute atomic E-state index is 0.0938. The molecule has 0 saturated carbocycles. The topological polar surface area (TPSA) is 0 Å². The van der Waals surface area contributed by atoms with E-state index >= 15 is 0 Å². The average molecular weight is 891 g/mol. The fourth-order valence-corrected chi connectivity index (χ4v) is 11.5. The van der Waals surface area contributed by atoms with Gasteiger partial charge in [-0.2, -0.15) is 0 Å². The standard InChI is InChI=1S/C67H86/c1-7-9-11-13-15-17-19-21-23-31-41-60-58-39-33-34-40-59(58)63-51-62(52-43-47-56(48-44-52)66(3,4)54-35-27-25-28-36-54)64(61(65(60)63)42-32-24-22-20-18-16-14-12-10-8-2)53-45-49-57(50-46-53)67(5,6)55-37-29-26-30-38-55/h25-30,33-40,43-51,60H,7-24,31-32,41-42H2,1-6H3. The van der Waals surface area contributed by atoms with Crippen molar-refractivity contribution in [1.29, 1.82) is 0 Å². The summed E-state index contributed by atoms with van der Waals surface area (Å²) in [4.78, 5) is 0. The first-order chi connectivity index (χ1) is 32.8. The lowest BCUT2D eigenvalue weighted by molar-refractivity contribution is 0.540. The van der Waals surface area contributed by atoms with Gasteiger partial charge in [0.2, 0.25) is 0 Å². The van der Waals surface area contributed by atoms with Crippen molar-refractivity contribution in [3.63, 3.8) is 0 Å². The monoisotopic (exact) mass is 891 g/mol. The summed E-state index contributed by atoms with van der Waals surface area (Å²) in [7, 11) is 0. The molecule has 0 radical (unpaired) electrons. The molecule has 0 bridgehead atoms. The number of benzene rings is 6. The summed E-state index contributed by atoms with van der Waals surface area (Å²) in [6, 6.07) is 53.7. The summed E-state index contributed by atoms with van der Waals surface area (Å²) in [5, 5.41) is 0. The van der Waals surface area contributed by atoms with Crippen LogP contribution in [0.5, 0.6) is 0 Å². The molecule has 0 N–H and O–H groups in total. The molecule has 1 unspecified atom stereocenters. The van der Waals surface area contributed by atoms with E-state index in [1.54, 1.807) is 16.7 Å². The zero-order chi connectivity index (χ0) is 46.9. The highest BCUT2D eigenvalue weighted by molar-refractivity contribution is 5.94. The number of hydrogen-bond donors (Lipinski definition) is 0. The normalized spacial score (nSPS) is 13.5. The van der Waals surface area contributed by atoms with E-state index in [0.29, 0.717) is 5.92 Å². The molecule has 0 nitrogen and oxygen atoms in total. The predicted octanol–water partition coefficient (Wildman–Crippen LogP) is 20.6. The van der Waals surface area contributed by atoms with E-state index in [9.17, 15) is 0 Å². The molecule has 0 aliphatic heterocycles. The minimum atomic E-state index is -0.0947. The van der Waals surface area contributed by atoms with Gasteiger partial charge in [0, 0.05) is 16.7 Å². The third kappa shape index (κ3) is 12.7. The molecule has 0 amide bonds. The molecule has 6 aromatic carbocycles. The Labute approximate surface area is 409 Å². The summed E-state index contributed by atoms with van der Waals surface area (Å²) in [5.41, 5.74) is 18.5. The minimum Gasteiger partial charge on any atom is -0.0654 e. The Morgan fingerprint density at radius 3 is 1.25 bits per heavy atom. The second-order valence-electron chi connectivity index (χ2n) is 21.4. The van der Waals surface area contributed by atoms with Gasteiger partial charge in [0.25, 0.3) is 0 Å². The third-order valence-corrected chi connectivity index (χ3v) is 15.9. The van der Waals surface area contributed by atoms with E-state index in [1.807, 2.05) is 0 Å². The van der Waals surface area contributed by atoms with Gasteiger partial charge in [0.15, 0.2) is 0 Å². The van der Waals surface area contributed by atoms with Gasteiger partial charge in [-0.05, 0) is 97.7 Å². The Morgan fingerprint density at radius 2 is 0.761 bits per heavy atom. The molecule has 7 rings (SSSR count). The van der Waals surface area contributed by atoms with Gasteiger partial charge in [-0.1, -0.05) is 297 Å². The zero-order valence-corrected chi connectivity index (χ0v) is 42.9. The van der Waals surface area contributed by atoms with E-state index in [-0.39, 0.29) is 10.8 Å².